The number of nitrogens with one attached hydrogen (secondary N) is 1. The molecule has 1 aromatic rings. The number of anilines is 1. The lowest BCUT2D eigenvalue weighted by atomic mass is 9.94. The van der Waals surface area contributed by atoms with Crippen molar-refractivity contribution >= 4 is 5.95 Å². The van der Waals surface area contributed by atoms with E-state index in [4.69, 9.17) is 4.74 Å². The first-order valence-electron chi connectivity index (χ1n) is 6.94. The summed E-state index contributed by atoms with van der Waals surface area (Å²) in [5, 5.41) is 13.2. The molecule has 3 heterocycles. The van der Waals surface area contributed by atoms with Gasteiger partial charge in [-0.05, 0) is 25.9 Å². The molecule has 2 N–H and O–H groups in total. The molecular formula is C13H20N4O2. The first kappa shape index (κ1) is 12.6. The Morgan fingerprint density at radius 2 is 1.95 bits per heavy atom. The van der Waals surface area contributed by atoms with Crippen LogP contribution in [0.15, 0.2) is 6.07 Å². The molecule has 0 aromatic carbocycles. The molecular weight excluding hydrogens is 244 g/mol. The molecule has 0 aliphatic carbocycles. The van der Waals surface area contributed by atoms with Crippen molar-refractivity contribution in [3.8, 4) is 5.88 Å². The molecule has 6 heteroatoms. The van der Waals surface area contributed by atoms with Gasteiger partial charge in [0.05, 0.1) is 18.9 Å². The van der Waals surface area contributed by atoms with Crippen LogP contribution < -0.4 is 10.2 Å². The highest BCUT2D eigenvalue weighted by atomic mass is 16.5. The van der Waals surface area contributed by atoms with Gasteiger partial charge in [0.2, 0.25) is 11.8 Å². The monoisotopic (exact) mass is 264 g/mol. The fourth-order valence-corrected chi connectivity index (χ4v) is 2.67. The van der Waals surface area contributed by atoms with Crippen molar-refractivity contribution in [2.24, 2.45) is 0 Å². The molecule has 2 aliphatic heterocycles. The van der Waals surface area contributed by atoms with Crippen LogP contribution in [-0.2, 0) is 4.74 Å². The third kappa shape index (κ3) is 2.96. The Hall–Kier alpha value is -1.40. The fraction of sp³-hybridized carbons (Fsp3) is 0.692. The normalized spacial score (nSPS) is 21.6. The summed E-state index contributed by atoms with van der Waals surface area (Å²) in [5.41, 5.74) is 0.968. The fourth-order valence-electron chi connectivity index (χ4n) is 2.67. The van der Waals surface area contributed by atoms with Crippen molar-refractivity contribution in [3.63, 3.8) is 0 Å². The Balaban J connectivity index is 1.82. The molecule has 2 fully saturated rings. The van der Waals surface area contributed by atoms with Crippen molar-refractivity contribution in [3.05, 3.63) is 11.8 Å². The largest absolute Gasteiger partial charge is 0.493 e. The number of nitrogens with zero attached hydrogens (tertiary/aromatic N) is 3. The van der Waals surface area contributed by atoms with Gasteiger partial charge in [0.25, 0.3) is 0 Å². The van der Waals surface area contributed by atoms with E-state index in [1.165, 1.54) is 0 Å². The van der Waals surface area contributed by atoms with Crippen molar-refractivity contribution < 1.29 is 9.84 Å². The first-order chi connectivity index (χ1) is 9.33. The van der Waals surface area contributed by atoms with Gasteiger partial charge >= 0.3 is 0 Å². The predicted octanol–water partition coefficient (Wildman–Crippen LogP) is 0.486. The van der Waals surface area contributed by atoms with Crippen LogP contribution in [0.4, 0.5) is 5.95 Å². The molecule has 2 aliphatic rings. The molecule has 0 bridgehead atoms. The Morgan fingerprint density at radius 3 is 2.68 bits per heavy atom. The van der Waals surface area contributed by atoms with E-state index < -0.39 is 0 Å². The maximum absolute atomic E-state index is 9.83. The standard InChI is InChI=1S/C13H20N4O2/c18-12-9-11(10-1-3-14-4-2-10)15-13(16-12)17-5-7-19-8-6-17/h9-10,14H,1-8H2,(H,15,16,18). The average Bonchev–Trinajstić information content (AvgIpc) is 2.48. The molecule has 19 heavy (non-hydrogen) atoms. The summed E-state index contributed by atoms with van der Waals surface area (Å²) >= 11 is 0. The maximum atomic E-state index is 9.83. The third-order valence-electron chi connectivity index (χ3n) is 3.77. The Labute approximate surface area is 112 Å². The second-order valence-corrected chi connectivity index (χ2v) is 5.07. The SMILES string of the molecule is Oc1cc(C2CCNCC2)nc(N2CCOCC2)n1. The second kappa shape index (κ2) is 5.71. The summed E-state index contributed by atoms with van der Waals surface area (Å²) in [6.07, 6.45) is 2.14. The number of hydrogen-bond donors (Lipinski definition) is 2. The van der Waals surface area contributed by atoms with Gasteiger partial charge in [-0.25, -0.2) is 4.98 Å². The molecule has 0 spiro atoms. The molecule has 0 radical (unpaired) electrons. The number of hydrogen-bond acceptors (Lipinski definition) is 6. The number of ether oxygens (including phenoxy) is 1. The minimum atomic E-state index is 0.0741. The maximum Gasteiger partial charge on any atom is 0.229 e. The summed E-state index contributed by atoms with van der Waals surface area (Å²) in [6.45, 7) is 5.00. The summed E-state index contributed by atoms with van der Waals surface area (Å²) in [4.78, 5) is 10.9. The number of aromatic hydroxyl groups is 1. The van der Waals surface area contributed by atoms with Crippen LogP contribution in [0.1, 0.15) is 24.5 Å². The van der Waals surface area contributed by atoms with Gasteiger partial charge in [0.15, 0.2) is 0 Å². The van der Waals surface area contributed by atoms with Crippen molar-refractivity contribution in [2.75, 3.05) is 44.3 Å². The predicted molar refractivity (Wildman–Crippen MR) is 71.6 cm³/mol. The zero-order valence-corrected chi connectivity index (χ0v) is 11.0. The molecule has 0 unspecified atom stereocenters. The summed E-state index contributed by atoms with van der Waals surface area (Å²) in [5.74, 6) is 1.14. The van der Waals surface area contributed by atoms with Crippen LogP contribution in [0, 0.1) is 0 Å². The smallest absolute Gasteiger partial charge is 0.229 e. The summed E-state index contributed by atoms with van der Waals surface area (Å²) < 4.78 is 5.33. The topological polar surface area (TPSA) is 70.5 Å². The third-order valence-corrected chi connectivity index (χ3v) is 3.77. The molecule has 2 saturated heterocycles. The van der Waals surface area contributed by atoms with E-state index in [0.717, 1.165) is 44.7 Å². The van der Waals surface area contributed by atoms with Gasteiger partial charge in [-0.3, -0.25) is 0 Å². The van der Waals surface area contributed by atoms with Crippen LogP contribution in [0.25, 0.3) is 0 Å². The van der Waals surface area contributed by atoms with Crippen LogP contribution in [-0.4, -0.2) is 54.5 Å². The number of morpholine rings is 1. The highest BCUT2D eigenvalue weighted by Gasteiger charge is 2.21. The van der Waals surface area contributed by atoms with Crippen LogP contribution in [0.2, 0.25) is 0 Å². The molecule has 0 saturated carbocycles. The van der Waals surface area contributed by atoms with Crippen molar-refractivity contribution in [2.45, 2.75) is 18.8 Å². The lowest BCUT2D eigenvalue weighted by molar-refractivity contribution is 0.122. The number of rotatable bonds is 2. The van der Waals surface area contributed by atoms with E-state index in [9.17, 15) is 5.11 Å². The Morgan fingerprint density at radius 1 is 1.21 bits per heavy atom. The van der Waals surface area contributed by atoms with E-state index in [0.29, 0.717) is 25.1 Å². The zero-order chi connectivity index (χ0) is 13.1. The minimum absolute atomic E-state index is 0.0741. The van der Waals surface area contributed by atoms with E-state index in [1.807, 2.05) is 0 Å². The second-order valence-electron chi connectivity index (χ2n) is 5.07. The highest BCUT2D eigenvalue weighted by Crippen LogP contribution is 2.27. The first-order valence-corrected chi connectivity index (χ1v) is 6.94. The Kier molecular flexibility index (Phi) is 3.79. The van der Waals surface area contributed by atoms with Gasteiger partial charge in [0.1, 0.15) is 0 Å². The zero-order valence-electron chi connectivity index (χ0n) is 11.0. The molecule has 1 aromatic heterocycles. The highest BCUT2D eigenvalue weighted by molar-refractivity contribution is 5.35. The van der Waals surface area contributed by atoms with Crippen LogP contribution in [0.3, 0.4) is 0 Å². The quantitative estimate of drug-likeness (QED) is 0.810. The Bertz CT molecular complexity index is 392. The van der Waals surface area contributed by atoms with E-state index in [1.54, 1.807) is 6.07 Å². The van der Waals surface area contributed by atoms with Gasteiger partial charge in [-0.2, -0.15) is 4.98 Å². The lowest BCUT2D eigenvalue weighted by Crippen LogP contribution is -2.37. The summed E-state index contributed by atoms with van der Waals surface area (Å²) in [6, 6.07) is 1.71. The molecule has 0 atom stereocenters. The summed E-state index contributed by atoms with van der Waals surface area (Å²) in [7, 11) is 0. The van der Waals surface area contributed by atoms with Gasteiger partial charge in [0, 0.05) is 25.1 Å². The van der Waals surface area contributed by atoms with Gasteiger partial charge in [-0.1, -0.05) is 0 Å². The van der Waals surface area contributed by atoms with Crippen molar-refractivity contribution in [1.82, 2.24) is 15.3 Å². The minimum Gasteiger partial charge on any atom is -0.493 e. The van der Waals surface area contributed by atoms with E-state index in [-0.39, 0.29) is 5.88 Å². The van der Waals surface area contributed by atoms with Crippen LogP contribution >= 0.6 is 0 Å². The van der Waals surface area contributed by atoms with Gasteiger partial charge in [-0.15, -0.1) is 0 Å². The van der Waals surface area contributed by atoms with E-state index >= 15 is 0 Å². The van der Waals surface area contributed by atoms with Crippen LogP contribution in [0.5, 0.6) is 5.88 Å². The molecule has 3 rings (SSSR count). The molecule has 6 nitrogen and oxygen atoms in total. The van der Waals surface area contributed by atoms with Gasteiger partial charge < -0.3 is 20.1 Å². The number of aromatic nitrogens is 2. The van der Waals surface area contributed by atoms with Crippen molar-refractivity contribution in [1.29, 1.82) is 0 Å². The lowest BCUT2D eigenvalue weighted by Gasteiger charge is -2.28. The molecule has 0 amide bonds. The number of piperidine rings is 1. The van der Waals surface area contributed by atoms with E-state index in [2.05, 4.69) is 20.2 Å². The average molecular weight is 264 g/mol. The molecule has 104 valence electrons.